The molecule has 1 aliphatic rings. The first-order valence-corrected chi connectivity index (χ1v) is 9.39. The maximum absolute atomic E-state index is 12.5. The molecule has 1 aromatic rings. The van der Waals surface area contributed by atoms with Gasteiger partial charge in [-0.1, -0.05) is 13.8 Å². The van der Waals surface area contributed by atoms with E-state index in [-0.39, 0.29) is 18.1 Å². The van der Waals surface area contributed by atoms with Gasteiger partial charge >= 0.3 is 0 Å². The molecular weight excluding hydrogens is 288 g/mol. The van der Waals surface area contributed by atoms with Crippen molar-refractivity contribution in [2.75, 3.05) is 18.6 Å². The van der Waals surface area contributed by atoms with Crippen LogP contribution in [0.3, 0.4) is 0 Å². The first kappa shape index (κ1) is 15.9. The van der Waals surface area contributed by atoms with Crippen molar-refractivity contribution < 1.29 is 4.79 Å². The Morgan fingerprint density at radius 2 is 2.25 bits per heavy atom. The molecule has 1 N–H and O–H groups in total. The van der Waals surface area contributed by atoms with E-state index in [0.717, 1.165) is 18.7 Å². The predicted octanol–water partition coefficient (Wildman–Crippen LogP) is 3.26. The largest absolute Gasteiger partial charge is 0.320 e. The summed E-state index contributed by atoms with van der Waals surface area (Å²) in [4.78, 5) is 17.1. The average molecular weight is 313 g/mol. The van der Waals surface area contributed by atoms with Crippen molar-refractivity contribution in [1.29, 1.82) is 0 Å². The highest BCUT2D eigenvalue weighted by atomic mass is 32.2. The molecule has 0 bridgehead atoms. The van der Waals surface area contributed by atoms with E-state index in [1.165, 1.54) is 9.75 Å². The fourth-order valence-corrected chi connectivity index (χ4v) is 4.30. The zero-order valence-electron chi connectivity index (χ0n) is 12.7. The number of nitrogens with one attached hydrogen (secondary N) is 1. The van der Waals surface area contributed by atoms with Crippen LogP contribution < -0.4 is 5.32 Å². The van der Waals surface area contributed by atoms with Crippen molar-refractivity contribution in [3.8, 4) is 0 Å². The smallest absolute Gasteiger partial charge is 0.241 e. The molecule has 1 aliphatic heterocycles. The molecule has 0 radical (unpaired) electrons. The summed E-state index contributed by atoms with van der Waals surface area (Å²) >= 11 is 3.63. The van der Waals surface area contributed by atoms with Crippen LogP contribution in [-0.2, 0) is 4.79 Å². The van der Waals surface area contributed by atoms with Gasteiger partial charge in [0.05, 0.1) is 6.04 Å². The number of nitrogens with zero attached hydrogens (tertiary/aromatic N) is 1. The van der Waals surface area contributed by atoms with Crippen molar-refractivity contribution >= 4 is 29.0 Å². The van der Waals surface area contributed by atoms with E-state index in [4.69, 9.17) is 0 Å². The molecule has 5 heteroatoms. The lowest BCUT2D eigenvalue weighted by atomic mass is 10.2. The van der Waals surface area contributed by atoms with Gasteiger partial charge in [-0.05, 0) is 43.4 Å². The zero-order chi connectivity index (χ0) is 14.7. The van der Waals surface area contributed by atoms with E-state index in [9.17, 15) is 4.79 Å². The lowest BCUT2D eigenvalue weighted by Gasteiger charge is -2.26. The second-order valence-electron chi connectivity index (χ2n) is 5.53. The van der Waals surface area contributed by atoms with Crippen molar-refractivity contribution in [2.45, 2.75) is 39.4 Å². The van der Waals surface area contributed by atoms with Gasteiger partial charge < -0.3 is 4.90 Å². The third kappa shape index (κ3) is 3.38. The van der Waals surface area contributed by atoms with E-state index in [0.29, 0.717) is 5.92 Å². The minimum Gasteiger partial charge on any atom is -0.320 e. The molecule has 1 fully saturated rings. The highest BCUT2D eigenvalue weighted by molar-refractivity contribution is 7.98. The summed E-state index contributed by atoms with van der Waals surface area (Å²) in [7, 11) is 0. The summed E-state index contributed by atoms with van der Waals surface area (Å²) in [5.74, 6) is 1.88. The van der Waals surface area contributed by atoms with Crippen LogP contribution in [0.2, 0.25) is 0 Å². The molecular formula is C15H24N2OS2. The molecule has 2 heterocycles. The quantitative estimate of drug-likeness (QED) is 0.875. The number of hydrogen-bond acceptors (Lipinski definition) is 4. The standard InChI is InChI=1S/C15H24N2OS2/c1-5-12-15(18)17(8-10(2)9-19-4)14(16-12)13-7-6-11(3)20-13/h6-7,10,12,14,16H,5,8-9H2,1-4H3. The third-order valence-electron chi connectivity index (χ3n) is 3.65. The highest BCUT2D eigenvalue weighted by Gasteiger charge is 2.39. The predicted molar refractivity (Wildman–Crippen MR) is 88.3 cm³/mol. The van der Waals surface area contributed by atoms with Crippen LogP contribution in [0.1, 0.15) is 36.2 Å². The number of carbonyl (C=O) groups is 1. The van der Waals surface area contributed by atoms with Gasteiger partial charge in [-0.2, -0.15) is 11.8 Å². The minimum absolute atomic E-state index is 0.0242. The summed E-state index contributed by atoms with van der Waals surface area (Å²) in [6, 6.07) is 4.26. The lowest BCUT2D eigenvalue weighted by molar-refractivity contribution is -0.130. The molecule has 3 nitrogen and oxygen atoms in total. The minimum atomic E-state index is -0.0242. The maximum Gasteiger partial charge on any atom is 0.241 e. The Balaban J connectivity index is 2.17. The van der Waals surface area contributed by atoms with Gasteiger partial charge in [-0.15, -0.1) is 11.3 Å². The first-order valence-electron chi connectivity index (χ1n) is 7.18. The Morgan fingerprint density at radius 1 is 1.50 bits per heavy atom. The fraction of sp³-hybridized carbons (Fsp3) is 0.667. The van der Waals surface area contributed by atoms with Crippen LogP contribution in [0.5, 0.6) is 0 Å². The number of thioether (sulfide) groups is 1. The van der Waals surface area contributed by atoms with E-state index in [1.54, 1.807) is 11.3 Å². The number of rotatable bonds is 6. The molecule has 0 spiro atoms. The molecule has 3 atom stereocenters. The second kappa shape index (κ2) is 6.96. The molecule has 1 amide bonds. The van der Waals surface area contributed by atoms with Gasteiger partial charge in [0.1, 0.15) is 6.17 Å². The van der Waals surface area contributed by atoms with Crippen LogP contribution >= 0.6 is 23.1 Å². The van der Waals surface area contributed by atoms with Crippen LogP contribution in [0.25, 0.3) is 0 Å². The maximum atomic E-state index is 12.5. The van der Waals surface area contributed by atoms with Gasteiger partial charge in [-0.3, -0.25) is 10.1 Å². The molecule has 0 saturated carbocycles. The van der Waals surface area contributed by atoms with Crippen molar-refractivity contribution in [1.82, 2.24) is 10.2 Å². The number of aryl methyl sites for hydroxylation is 1. The lowest BCUT2D eigenvalue weighted by Crippen LogP contribution is -2.35. The van der Waals surface area contributed by atoms with Crippen LogP contribution in [0.15, 0.2) is 12.1 Å². The summed E-state index contributed by atoms with van der Waals surface area (Å²) in [5, 5.41) is 3.50. The van der Waals surface area contributed by atoms with Gasteiger partial charge in [0.25, 0.3) is 0 Å². The van der Waals surface area contributed by atoms with Gasteiger partial charge in [0.15, 0.2) is 0 Å². The molecule has 1 saturated heterocycles. The zero-order valence-corrected chi connectivity index (χ0v) is 14.3. The van der Waals surface area contributed by atoms with Crippen molar-refractivity contribution in [2.24, 2.45) is 5.92 Å². The molecule has 20 heavy (non-hydrogen) atoms. The second-order valence-corrected chi connectivity index (χ2v) is 7.76. The molecule has 0 aromatic carbocycles. The van der Waals surface area contributed by atoms with Crippen LogP contribution in [0, 0.1) is 12.8 Å². The molecule has 2 rings (SSSR count). The Labute approximate surface area is 130 Å². The molecule has 1 aromatic heterocycles. The van der Waals surface area contributed by atoms with Gasteiger partial charge in [0.2, 0.25) is 5.91 Å². The number of carbonyl (C=O) groups excluding carboxylic acids is 1. The first-order chi connectivity index (χ1) is 9.56. The van der Waals surface area contributed by atoms with E-state index < -0.39 is 0 Å². The number of thiophene rings is 1. The number of hydrogen-bond donors (Lipinski definition) is 1. The van der Waals surface area contributed by atoms with Gasteiger partial charge in [0, 0.05) is 16.3 Å². The average Bonchev–Trinajstić information content (AvgIpc) is 2.95. The van der Waals surface area contributed by atoms with Crippen molar-refractivity contribution in [3.63, 3.8) is 0 Å². The number of amides is 1. The Bertz CT molecular complexity index is 460. The summed E-state index contributed by atoms with van der Waals surface area (Å²) in [6.07, 6.45) is 3.04. The van der Waals surface area contributed by atoms with E-state index >= 15 is 0 Å². The third-order valence-corrected chi connectivity index (χ3v) is 5.61. The summed E-state index contributed by atoms with van der Waals surface area (Å²) in [6.45, 7) is 7.24. The Morgan fingerprint density at radius 3 is 2.80 bits per heavy atom. The Kier molecular flexibility index (Phi) is 5.52. The molecule has 3 unspecified atom stereocenters. The molecule has 112 valence electrons. The fourth-order valence-electron chi connectivity index (χ4n) is 2.68. The SMILES string of the molecule is CCC1NC(c2ccc(C)s2)N(CC(C)CSC)C1=O. The van der Waals surface area contributed by atoms with E-state index in [2.05, 4.69) is 44.5 Å². The molecule has 0 aliphatic carbocycles. The van der Waals surface area contributed by atoms with Gasteiger partial charge in [-0.25, -0.2) is 0 Å². The summed E-state index contributed by atoms with van der Waals surface area (Å²) in [5.41, 5.74) is 0. The monoisotopic (exact) mass is 312 g/mol. The highest BCUT2D eigenvalue weighted by Crippen LogP contribution is 2.32. The summed E-state index contributed by atoms with van der Waals surface area (Å²) < 4.78 is 0. The van der Waals surface area contributed by atoms with Crippen LogP contribution in [0.4, 0.5) is 0 Å². The Hall–Kier alpha value is -0.520. The van der Waals surface area contributed by atoms with Crippen LogP contribution in [-0.4, -0.2) is 35.4 Å². The van der Waals surface area contributed by atoms with Crippen molar-refractivity contribution in [3.05, 3.63) is 21.9 Å². The topological polar surface area (TPSA) is 32.3 Å². The van der Waals surface area contributed by atoms with E-state index in [1.807, 2.05) is 16.7 Å². The normalized spacial score (nSPS) is 24.4.